The van der Waals surface area contributed by atoms with Crippen LogP contribution in [0.15, 0.2) is 30.3 Å². The van der Waals surface area contributed by atoms with Crippen molar-refractivity contribution in [2.45, 2.75) is 38.1 Å². The molecule has 1 N–H and O–H groups in total. The van der Waals surface area contributed by atoms with Crippen molar-refractivity contribution in [3.05, 3.63) is 35.9 Å². The number of nitriles is 1. The summed E-state index contributed by atoms with van der Waals surface area (Å²) in [5.41, 5.74) is 1.07. The maximum absolute atomic E-state index is 9.19. The number of nitrogens with zero attached hydrogens (tertiary/aromatic N) is 2. The third kappa shape index (κ3) is 4.84. The van der Waals surface area contributed by atoms with E-state index in [1.807, 2.05) is 14.0 Å². The van der Waals surface area contributed by atoms with Gasteiger partial charge in [0.15, 0.2) is 0 Å². The molecule has 0 aliphatic carbocycles. The lowest BCUT2D eigenvalue weighted by Crippen LogP contribution is -2.43. The fourth-order valence-corrected chi connectivity index (χ4v) is 2.98. The van der Waals surface area contributed by atoms with Crippen LogP contribution in [0.3, 0.4) is 0 Å². The van der Waals surface area contributed by atoms with Crippen LogP contribution in [-0.4, -0.2) is 37.1 Å². The summed E-state index contributed by atoms with van der Waals surface area (Å²) in [6, 6.07) is 13.2. The van der Waals surface area contributed by atoms with Crippen LogP contribution >= 0.6 is 0 Å². The lowest BCUT2D eigenvalue weighted by atomic mass is 9.89. The molecule has 1 aliphatic rings. The first-order chi connectivity index (χ1) is 10.1. The summed E-state index contributed by atoms with van der Waals surface area (Å²) in [4.78, 5) is 2.51. The van der Waals surface area contributed by atoms with Crippen molar-refractivity contribution in [3.63, 3.8) is 0 Å². The molecule has 21 heavy (non-hydrogen) atoms. The molecule has 1 aliphatic heterocycles. The fraction of sp³-hybridized carbons (Fsp3) is 0.611. The first-order valence-corrected chi connectivity index (χ1v) is 8.01. The predicted octanol–water partition coefficient (Wildman–Crippen LogP) is 2.83. The van der Waals surface area contributed by atoms with Crippen LogP contribution < -0.4 is 5.32 Å². The number of rotatable bonds is 6. The van der Waals surface area contributed by atoms with Gasteiger partial charge in [0.05, 0.1) is 6.07 Å². The van der Waals surface area contributed by atoms with E-state index in [2.05, 4.69) is 46.6 Å². The average molecular weight is 285 g/mol. The normalized spacial score (nSPS) is 19.9. The zero-order chi connectivity index (χ0) is 15.1. The van der Waals surface area contributed by atoms with Crippen molar-refractivity contribution in [2.24, 2.45) is 5.92 Å². The quantitative estimate of drug-likeness (QED) is 0.873. The van der Waals surface area contributed by atoms with Crippen LogP contribution in [0.25, 0.3) is 0 Å². The van der Waals surface area contributed by atoms with Crippen molar-refractivity contribution in [1.29, 1.82) is 5.26 Å². The second kappa shape index (κ2) is 7.59. The summed E-state index contributed by atoms with van der Waals surface area (Å²) < 4.78 is 0. The molecule has 3 heteroatoms. The summed E-state index contributed by atoms with van der Waals surface area (Å²) in [6.07, 6.45) is 4.65. The summed E-state index contributed by atoms with van der Waals surface area (Å²) in [6.45, 7) is 5.34. The highest BCUT2D eigenvalue weighted by molar-refractivity contribution is 5.15. The maximum Gasteiger partial charge on any atom is 0.104 e. The minimum atomic E-state index is -0.388. The molecule has 1 unspecified atom stereocenters. The highest BCUT2D eigenvalue weighted by Gasteiger charge is 2.24. The molecule has 2 rings (SSSR count). The molecule has 114 valence electrons. The predicted molar refractivity (Wildman–Crippen MR) is 87.0 cm³/mol. The van der Waals surface area contributed by atoms with E-state index in [1.54, 1.807) is 0 Å². The van der Waals surface area contributed by atoms with Crippen molar-refractivity contribution in [2.75, 3.05) is 26.7 Å². The Morgan fingerprint density at radius 1 is 1.29 bits per heavy atom. The number of hydrogen-bond acceptors (Lipinski definition) is 3. The lowest BCUT2D eigenvalue weighted by Gasteiger charge is -2.33. The van der Waals surface area contributed by atoms with Gasteiger partial charge >= 0.3 is 0 Å². The molecule has 1 fully saturated rings. The van der Waals surface area contributed by atoms with E-state index in [0.29, 0.717) is 0 Å². The summed E-state index contributed by atoms with van der Waals surface area (Å²) in [5.74, 6) is 0.815. The molecule has 0 spiro atoms. The molecule has 1 atom stereocenters. The molecule has 1 heterocycles. The van der Waals surface area contributed by atoms with Gasteiger partial charge in [0.1, 0.15) is 5.54 Å². The Hall–Kier alpha value is -1.37. The third-order valence-corrected chi connectivity index (χ3v) is 4.80. The Kier molecular flexibility index (Phi) is 5.78. The Balaban J connectivity index is 1.72. The molecular weight excluding hydrogens is 258 g/mol. The number of piperidine rings is 1. The minimum absolute atomic E-state index is 0.388. The molecular formula is C18H27N3. The van der Waals surface area contributed by atoms with E-state index in [1.165, 1.54) is 37.9 Å². The second-order valence-electron chi connectivity index (χ2n) is 6.42. The molecule has 0 radical (unpaired) electrons. The molecule has 0 bridgehead atoms. The summed E-state index contributed by atoms with van der Waals surface area (Å²) in [5, 5.41) is 12.3. The molecule has 0 aromatic heterocycles. The van der Waals surface area contributed by atoms with Crippen LogP contribution in [0.2, 0.25) is 0 Å². The van der Waals surface area contributed by atoms with Gasteiger partial charge in [0.2, 0.25) is 0 Å². The highest BCUT2D eigenvalue weighted by Crippen LogP contribution is 2.22. The van der Waals surface area contributed by atoms with Gasteiger partial charge in [-0.25, -0.2) is 0 Å². The van der Waals surface area contributed by atoms with Gasteiger partial charge in [-0.3, -0.25) is 0 Å². The van der Waals surface area contributed by atoms with Crippen LogP contribution in [0.4, 0.5) is 0 Å². The van der Waals surface area contributed by atoms with Gasteiger partial charge < -0.3 is 10.2 Å². The zero-order valence-electron chi connectivity index (χ0n) is 13.3. The van der Waals surface area contributed by atoms with E-state index < -0.39 is 0 Å². The van der Waals surface area contributed by atoms with Crippen molar-refractivity contribution in [1.82, 2.24) is 10.2 Å². The fourth-order valence-electron chi connectivity index (χ4n) is 2.98. The molecule has 1 aromatic rings. The number of nitrogens with one attached hydrogen (secondary N) is 1. The van der Waals surface area contributed by atoms with Gasteiger partial charge in [-0.05, 0) is 64.2 Å². The van der Waals surface area contributed by atoms with E-state index >= 15 is 0 Å². The van der Waals surface area contributed by atoms with Gasteiger partial charge in [-0.15, -0.1) is 0 Å². The van der Waals surface area contributed by atoms with E-state index in [0.717, 1.165) is 18.9 Å². The largest absolute Gasteiger partial charge is 0.303 e. The minimum Gasteiger partial charge on any atom is -0.303 e. The Bertz CT molecular complexity index is 457. The second-order valence-corrected chi connectivity index (χ2v) is 6.42. The SMILES string of the molecule is CNC(C)(C#N)CCN1CCC(Cc2ccccc2)CC1. The van der Waals surface area contributed by atoms with E-state index in [9.17, 15) is 5.26 Å². The van der Waals surface area contributed by atoms with Crippen molar-refractivity contribution < 1.29 is 0 Å². The summed E-state index contributed by atoms with van der Waals surface area (Å²) in [7, 11) is 1.87. The van der Waals surface area contributed by atoms with E-state index in [4.69, 9.17) is 0 Å². The molecule has 3 nitrogen and oxygen atoms in total. The topological polar surface area (TPSA) is 39.1 Å². The third-order valence-electron chi connectivity index (χ3n) is 4.80. The van der Waals surface area contributed by atoms with Crippen LogP contribution in [0.5, 0.6) is 0 Å². The number of likely N-dealkylation sites (tertiary alicyclic amines) is 1. The standard InChI is InChI=1S/C18H27N3/c1-18(15-19,20-2)10-13-21-11-8-17(9-12-21)14-16-6-4-3-5-7-16/h3-7,17,20H,8-14H2,1-2H3. The molecule has 0 amide bonds. The molecule has 1 aromatic carbocycles. The Labute approximate surface area is 129 Å². The van der Waals surface area contributed by atoms with Crippen molar-refractivity contribution >= 4 is 0 Å². The first-order valence-electron chi connectivity index (χ1n) is 8.01. The van der Waals surface area contributed by atoms with Gasteiger partial charge in [-0.1, -0.05) is 30.3 Å². The smallest absolute Gasteiger partial charge is 0.104 e. The Morgan fingerprint density at radius 3 is 2.52 bits per heavy atom. The number of hydrogen-bond donors (Lipinski definition) is 1. The summed E-state index contributed by atoms with van der Waals surface area (Å²) >= 11 is 0. The molecule has 1 saturated heterocycles. The van der Waals surface area contributed by atoms with Gasteiger partial charge in [0, 0.05) is 6.54 Å². The monoisotopic (exact) mass is 285 g/mol. The van der Waals surface area contributed by atoms with Gasteiger partial charge in [-0.2, -0.15) is 5.26 Å². The van der Waals surface area contributed by atoms with Crippen LogP contribution in [0.1, 0.15) is 31.7 Å². The first kappa shape index (κ1) is 16.0. The van der Waals surface area contributed by atoms with Crippen molar-refractivity contribution in [3.8, 4) is 6.07 Å². The molecule has 0 saturated carbocycles. The Morgan fingerprint density at radius 2 is 1.95 bits per heavy atom. The average Bonchev–Trinajstić information content (AvgIpc) is 2.55. The zero-order valence-corrected chi connectivity index (χ0v) is 13.3. The van der Waals surface area contributed by atoms with E-state index in [-0.39, 0.29) is 5.54 Å². The van der Waals surface area contributed by atoms with Gasteiger partial charge in [0.25, 0.3) is 0 Å². The highest BCUT2D eigenvalue weighted by atomic mass is 15.1. The van der Waals surface area contributed by atoms with Crippen LogP contribution in [0, 0.1) is 17.2 Å². The number of benzene rings is 1. The van der Waals surface area contributed by atoms with Crippen LogP contribution in [-0.2, 0) is 6.42 Å². The lowest BCUT2D eigenvalue weighted by molar-refractivity contribution is 0.172. The maximum atomic E-state index is 9.19.